The highest BCUT2D eigenvalue weighted by molar-refractivity contribution is 7.89. The molecule has 32 heavy (non-hydrogen) atoms. The molecule has 1 saturated heterocycles. The minimum absolute atomic E-state index is 0.293. The molecule has 5 atom stereocenters. The Balaban J connectivity index is 1.41. The number of nitrogens with one attached hydrogen (secondary N) is 1. The fourth-order valence-electron chi connectivity index (χ4n) is 6.96. The van der Waals surface area contributed by atoms with E-state index in [1.54, 1.807) is 10.4 Å². The molecule has 2 aliphatic heterocycles. The molecule has 5 nitrogen and oxygen atoms in total. The molecule has 4 aliphatic rings. The zero-order valence-corrected chi connectivity index (χ0v) is 19.3. The van der Waals surface area contributed by atoms with Crippen LogP contribution in [0.2, 0.25) is 0 Å². The fourth-order valence-corrected chi connectivity index (χ4v) is 8.41. The molecule has 6 rings (SSSR count). The molecule has 0 spiro atoms. The lowest BCUT2D eigenvalue weighted by Gasteiger charge is -2.49. The van der Waals surface area contributed by atoms with Crippen molar-refractivity contribution < 1.29 is 13.2 Å². The number of morpholine rings is 1. The fraction of sp³-hybridized carbons (Fsp3) is 0.538. The van der Waals surface area contributed by atoms with E-state index < -0.39 is 10.0 Å². The lowest BCUT2D eigenvalue weighted by atomic mass is 9.60. The average molecular weight is 453 g/mol. The molecule has 5 unspecified atom stereocenters. The lowest BCUT2D eigenvalue weighted by Crippen LogP contribution is -2.42. The van der Waals surface area contributed by atoms with Gasteiger partial charge in [0.15, 0.2) is 0 Å². The molecule has 2 aromatic carbocycles. The SMILES string of the molecule is O=S(=O)(c1ccc2c(c1)C1CCC3CCCC3C1C(c1ccccc1)N2)N1CCOCC1. The third-order valence-corrected chi connectivity index (χ3v) is 10.3. The first-order valence-corrected chi connectivity index (χ1v) is 13.6. The third kappa shape index (κ3) is 3.39. The summed E-state index contributed by atoms with van der Waals surface area (Å²) in [7, 11) is -3.49. The Labute approximate surface area is 191 Å². The van der Waals surface area contributed by atoms with Crippen LogP contribution < -0.4 is 5.32 Å². The minimum Gasteiger partial charge on any atom is -0.379 e. The quantitative estimate of drug-likeness (QED) is 0.728. The summed E-state index contributed by atoms with van der Waals surface area (Å²) < 4.78 is 33.6. The van der Waals surface area contributed by atoms with Crippen molar-refractivity contribution in [2.45, 2.75) is 49.0 Å². The van der Waals surface area contributed by atoms with Crippen LogP contribution in [-0.2, 0) is 14.8 Å². The molecule has 170 valence electrons. The largest absolute Gasteiger partial charge is 0.379 e. The predicted octanol–water partition coefficient (Wildman–Crippen LogP) is 4.78. The molecule has 0 amide bonds. The van der Waals surface area contributed by atoms with Gasteiger partial charge >= 0.3 is 0 Å². The summed E-state index contributed by atoms with van der Waals surface area (Å²) in [6.45, 7) is 1.81. The smallest absolute Gasteiger partial charge is 0.243 e. The van der Waals surface area contributed by atoms with Gasteiger partial charge < -0.3 is 10.1 Å². The monoisotopic (exact) mass is 452 g/mol. The zero-order chi connectivity index (χ0) is 21.7. The van der Waals surface area contributed by atoms with Crippen LogP contribution in [-0.4, -0.2) is 39.0 Å². The molecule has 2 aliphatic carbocycles. The number of hydrogen-bond donors (Lipinski definition) is 1. The van der Waals surface area contributed by atoms with Crippen LogP contribution in [0.4, 0.5) is 5.69 Å². The standard InChI is InChI=1S/C26H32N2O3S/c29-32(30,28-13-15-31-16-14-28)20-10-12-24-23(17-20)22-11-9-18-7-4-8-21(18)25(22)26(27-24)19-5-2-1-3-6-19/h1-3,5-6,10,12,17-18,21-22,25-27H,4,7-9,11,13-16H2. The van der Waals surface area contributed by atoms with Gasteiger partial charge in [-0.05, 0) is 72.3 Å². The Morgan fingerprint density at radius 1 is 0.938 bits per heavy atom. The van der Waals surface area contributed by atoms with E-state index in [4.69, 9.17) is 4.74 Å². The van der Waals surface area contributed by atoms with E-state index in [0.717, 1.165) is 23.9 Å². The summed E-state index contributed by atoms with van der Waals surface area (Å²) in [6.07, 6.45) is 6.42. The van der Waals surface area contributed by atoms with Crippen LogP contribution in [0.1, 0.15) is 55.2 Å². The van der Waals surface area contributed by atoms with Crippen LogP contribution in [0.5, 0.6) is 0 Å². The van der Waals surface area contributed by atoms with Gasteiger partial charge in [0, 0.05) is 18.8 Å². The molecule has 0 aromatic heterocycles. The second-order valence-corrected chi connectivity index (χ2v) is 11.9. The van der Waals surface area contributed by atoms with Crippen LogP contribution in [0.3, 0.4) is 0 Å². The van der Waals surface area contributed by atoms with E-state index >= 15 is 0 Å². The van der Waals surface area contributed by atoms with Crippen molar-refractivity contribution in [3.8, 4) is 0 Å². The summed E-state index contributed by atoms with van der Waals surface area (Å²) in [4.78, 5) is 0.436. The first-order valence-electron chi connectivity index (χ1n) is 12.2. The van der Waals surface area contributed by atoms with Crippen LogP contribution in [0.15, 0.2) is 53.4 Å². The number of rotatable bonds is 3. The molecule has 0 radical (unpaired) electrons. The maximum absolute atomic E-state index is 13.4. The van der Waals surface area contributed by atoms with E-state index in [9.17, 15) is 8.42 Å². The number of hydrogen-bond acceptors (Lipinski definition) is 4. The average Bonchev–Trinajstić information content (AvgIpc) is 3.33. The molecule has 2 aromatic rings. The van der Waals surface area contributed by atoms with Crippen molar-refractivity contribution >= 4 is 15.7 Å². The van der Waals surface area contributed by atoms with E-state index in [-0.39, 0.29) is 0 Å². The normalized spacial score (nSPS) is 32.4. The molecule has 6 heteroatoms. The highest BCUT2D eigenvalue weighted by atomic mass is 32.2. The number of fused-ring (bicyclic) bond motifs is 5. The highest BCUT2D eigenvalue weighted by Gasteiger charge is 2.48. The summed E-state index contributed by atoms with van der Waals surface area (Å²) >= 11 is 0. The van der Waals surface area contributed by atoms with E-state index in [1.807, 2.05) is 12.1 Å². The van der Waals surface area contributed by atoms with Crippen molar-refractivity contribution in [3.05, 3.63) is 59.7 Å². The zero-order valence-electron chi connectivity index (χ0n) is 18.4. The van der Waals surface area contributed by atoms with Crippen molar-refractivity contribution in [1.82, 2.24) is 4.31 Å². The summed E-state index contributed by atoms with van der Waals surface area (Å²) in [5.41, 5.74) is 3.67. The van der Waals surface area contributed by atoms with Gasteiger partial charge in [-0.1, -0.05) is 43.2 Å². The molecule has 3 fully saturated rings. The molecular formula is C26H32N2O3S. The highest BCUT2D eigenvalue weighted by Crippen LogP contribution is 2.59. The minimum atomic E-state index is -3.49. The Bertz CT molecular complexity index is 1080. The molecule has 1 N–H and O–H groups in total. The number of ether oxygens (including phenoxy) is 1. The van der Waals surface area contributed by atoms with Gasteiger partial charge in [-0.15, -0.1) is 0 Å². The van der Waals surface area contributed by atoms with Crippen molar-refractivity contribution in [3.63, 3.8) is 0 Å². The van der Waals surface area contributed by atoms with Gasteiger partial charge in [-0.25, -0.2) is 8.42 Å². The molecule has 2 saturated carbocycles. The van der Waals surface area contributed by atoms with Gasteiger partial charge in [0.25, 0.3) is 0 Å². The maximum Gasteiger partial charge on any atom is 0.243 e. The van der Waals surface area contributed by atoms with Crippen molar-refractivity contribution in [2.24, 2.45) is 17.8 Å². The van der Waals surface area contributed by atoms with E-state index in [0.29, 0.717) is 49.1 Å². The summed E-state index contributed by atoms with van der Waals surface area (Å²) in [6, 6.07) is 16.9. The second kappa shape index (κ2) is 8.15. The predicted molar refractivity (Wildman–Crippen MR) is 125 cm³/mol. The molecule has 0 bridgehead atoms. The van der Waals surface area contributed by atoms with Crippen molar-refractivity contribution in [2.75, 3.05) is 31.6 Å². The maximum atomic E-state index is 13.4. The topological polar surface area (TPSA) is 58.6 Å². The molecular weight excluding hydrogens is 420 g/mol. The number of anilines is 1. The van der Waals surface area contributed by atoms with Crippen molar-refractivity contribution in [1.29, 1.82) is 0 Å². The van der Waals surface area contributed by atoms with Gasteiger partial charge in [0.1, 0.15) is 0 Å². The Hall–Kier alpha value is -1.89. The van der Waals surface area contributed by atoms with Gasteiger partial charge in [-0.2, -0.15) is 4.31 Å². The third-order valence-electron chi connectivity index (χ3n) is 8.41. The number of nitrogens with zero attached hydrogens (tertiary/aromatic N) is 1. The van der Waals surface area contributed by atoms with Gasteiger partial charge in [-0.3, -0.25) is 0 Å². The number of benzene rings is 2. The van der Waals surface area contributed by atoms with E-state index in [1.165, 1.54) is 36.8 Å². The van der Waals surface area contributed by atoms with Gasteiger partial charge in [0.05, 0.1) is 24.2 Å². The molecule has 2 heterocycles. The number of sulfonamides is 1. The lowest BCUT2D eigenvalue weighted by molar-refractivity contribution is 0.0730. The first-order chi connectivity index (χ1) is 15.6. The Morgan fingerprint density at radius 3 is 2.56 bits per heavy atom. The summed E-state index contributed by atoms with van der Waals surface area (Å²) in [5, 5.41) is 3.85. The van der Waals surface area contributed by atoms with Crippen LogP contribution in [0, 0.1) is 17.8 Å². The van der Waals surface area contributed by atoms with Crippen LogP contribution in [0.25, 0.3) is 0 Å². The van der Waals surface area contributed by atoms with E-state index in [2.05, 4.69) is 35.6 Å². The Kier molecular flexibility index (Phi) is 5.27. The van der Waals surface area contributed by atoms with Gasteiger partial charge in [0.2, 0.25) is 10.0 Å². The van der Waals surface area contributed by atoms with Crippen LogP contribution >= 0.6 is 0 Å². The first kappa shape index (κ1) is 20.7. The second-order valence-electron chi connectivity index (χ2n) is 9.91. The Morgan fingerprint density at radius 2 is 1.75 bits per heavy atom. The summed E-state index contributed by atoms with van der Waals surface area (Å²) in [5.74, 6) is 2.48.